The Morgan fingerprint density at radius 3 is 2.67 bits per heavy atom. The van der Waals surface area contributed by atoms with Gasteiger partial charge in [0.05, 0.1) is 0 Å². The summed E-state index contributed by atoms with van der Waals surface area (Å²) in [5, 5.41) is 2.40. The molecule has 1 atom stereocenters. The lowest BCUT2D eigenvalue weighted by Crippen LogP contribution is -2.31. The maximum Gasteiger partial charge on any atom is 0.237 e. The third kappa shape index (κ3) is 5.38. The Labute approximate surface area is 97.2 Å². The van der Waals surface area contributed by atoms with E-state index in [0.29, 0.717) is 0 Å². The Hall–Kier alpha value is -0.280. The highest BCUT2D eigenvalue weighted by atomic mass is 35.5. The van der Waals surface area contributed by atoms with Crippen molar-refractivity contribution in [1.82, 2.24) is 10.2 Å². The molecule has 3 nitrogen and oxygen atoms in total. The molecule has 88 valence electrons. The van der Waals surface area contributed by atoms with Gasteiger partial charge in [-0.2, -0.15) is 0 Å². The molecule has 1 aliphatic rings. The molecule has 1 heterocycles. The quantitative estimate of drug-likeness (QED) is 0.558. The van der Waals surface area contributed by atoms with Gasteiger partial charge in [-0.3, -0.25) is 4.79 Å². The molecular formula is C11H21ClN2O. The molecule has 1 N–H and O–H groups in total. The van der Waals surface area contributed by atoms with Gasteiger partial charge < -0.3 is 10.2 Å². The lowest BCUT2D eigenvalue weighted by molar-refractivity contribution is -0.120. The summed E-state index contributed by atoms with van der Waals surface area (Å²) in [6, 6.07) is 0. The van der Waals surface area contributed by atoms with Gasteiger partial charge in [-0.05, 0) is 52.2 Å². The number of nitrogens with zero attached hydrogens (tertiary/aromatic N) is 1. The maximum atomic E-state index is 11.1. The molecule has 1 rings (SSSR count). The first-order valence-corrected chi connectivity index (χ1v) is 6.28. The zero-order valence-corrected chi connectivity index (χ0v) is 10.2. The second-order valence-electron chi connectivity index (χ2n) is 4.16. The molecule has 1 amide bonds. The van der Waals surface area contributed by atoms with E-state index in [-0.39, 0.29) is 5.91 Å². The summed E-state index contributed by atoms with van der Waals surface area (Å²) < 4.78 is 0. The van der Waals surface area contributed by atoms with E-state index >= 15 is 0 Å². The standard InChI is InChI=1S/C11H21ClN2O/c1-10(12)11(15)13-6-2-3-7-14-8-4-5-9-14/h10H,2-9H2,1H3,(H,13,15). The van der Waals surface area contributed by atoms with Crippen LogP contribution >= 0.6 is 11.6 Å². The summed E-state index contributed by atoms with van der Waals surface area (Å²) in [5.74, 6) is -0.0576. The van der Waals surface area contributed by atoms with Crippen LogP contribution in [0.25, 0.3) is 0 Å². The predicted molar refractivity (Wildman–Crippen MR) is 63.2 cm³/mol. The first kappa shape index (κ1) is 12.8. The van der Waals surface area contributed by atoms with E-state index in [4.69, 9.17) is 11.6 Å². The summed E-state index contributed by atoms with van der Waals surface area (Å²) in [6.07, 6.45) is 4.91. The van der Waals surface area contributed by atoms with Crippen molar-refractivity contribution in [2.45, 2.75) is 38.0 Å². The number of amides is 1. The summed E-state index contributed by atoms with van der Waals surface area (Å²) in [5.41, 5.74) is 0. The van der Waals surface area contributed by atoms with Crippen LogP contribution in [0.1, 0.15) is 32.6 Å². The Morgan fingerprint density at radius 2 is 2.07 bits per heavy atom. The molecule has 0 radical (unpaired) electrons. The fraction of sp³-hybridized carbons (Fsp3) is 0.909. The van der Waals surface area contributed by atoms with Crippen molar-refractivity contribution in [3.8, 4) is 0 Å². The van der Waals surface area contributed by atoms with Crippen LogP contribution < -0.4 is 5.32 Å². The van der Waals surface area contributed by atoms with Crippen LogP contribution in [0.2, 0.25) is 0 Å². The van der Waals surface area contributed by atoms with Crippen molar-refractivity contribution in [3.63, 3.8) is 0 Å². The number of likely N-dealkylation sites (tertiary alicyclic amines) is 1. The minimum atomic E-state index is -0.413. The lowest BCUT2D eigenvalue weighted by atomic mass is 10.3. The summed E-state index contributed by atoms with van der Waals surface area (Å²) in [7, 11) is 0. The molecule has 0 saturated carbocycles. The number of hydrogen-bond acceptors (Lipinski definition) is 2. The van der Waals surface area contributed by atoms with Crippen LogP contribution in [0.3, 0.4) is 0 Å². The average Bonchev–Trinajstić information content (AvgIpc) is 2.69. The topological polar surface area (TPSA) is 32.3 Å². The molecule has 0 aromatic carbocycles. The molecule has 0 bridgehead atoms. The van der Waals surface area contributed by atoms with Crippen molar-refractivity contribution in [1.29, 1.82) is 0 Å². The molecule has 0 aromatic rings. The van der Waals surface area contributed by atoms with E-state index in [1.807, 2.05) is 0 Å². The fourth-order valence-corrected chi connectivity index (χ4v) is 1.90. The largest absolute Gasteiger partial charge is 0.355 e. The van der Waals surface area contributed by atoms with Crippen molar-refractivity contribution in [2.75, 3.05) is 26.2 Å². The second kappa shape index (κ2) is 7.07. The third-order valence-corrected chi connectivity index (χ3v) is 2.96. The van der Waals surface area contributed by atoms with Gasteiger partial charge in [-0.25, -0.2) is 0 Å². The Bertz CT molecular complexity index is 191. The van der Waals surface area contributed by atoms with Crippen molar-refractivity contribution >= 4 is 17.5 Å². The molecule has 0 spiro atoms. The van der Waals surface area contributed by atoms with Crippen LogP contribution in [0.4, 0.5) is 0 Å². The van der Waals surface area contributed by atoms with E-state index in [2.05, 4.69) is 10.2 Å². The molecule has 1 saturated heterocycles. The maximum absolute atomic E-state index is 11.1. The van der Waals surface area contributed by atoms with E-state index < -0.39 is 5.38 Å². The number of halogens is 1. The van der Waals surface area contributed by atoms with Crippen LogP contribution in [0.15, 0.2) is 0 Å². The molecular weight excluding hydrogens is 212 g/mol. The van der Waals surface area contributed by atoms with Gasteiger partial charge >= 0.3 is 0 Å². The van der Waals surface area contributed by atoms with Gasteiger partial charge in [-0.15, -0.1) is 11.6 Å². The molecule has 0 aliphatic carbocycles. The number of hydrogen-bond donors (Lipinski definition) is 1. The second-order valence-corrected chi connectivity index (χ2v) is 4.82. The van der Waals surface area contributed by atoms with E-state index in [0.717, 1.165) is 19.4 Å². The minimum Gasteiger partial charge on any atom is -0.355 e. The summed E-state index contributed by atoms with van der Waals surface area (Å²) in [6.45, 7) is 6.13. The fourth-order valence-electron chi connectivity index (χ4n) is 1.82. The molecule has 0 aromatic heterocycles. The number of carbonyl (C=O) groups is 1. The van der Waals surface area contributed by atoms with Gasteiger partial charge in [0, 0.05) is 6.54 Å². The third-order valence-electron chi connectivity index (χ3n) is 2.76. The van der Waals surface area contributed by atoms with Crippen LogP contribution in [0.5, 0.6) is 0 Å². The van der Waals surface area contributed by atoms with Crippen LogP contribution in [0, 0.1) is 0 Å². The van der Waals surface area contributed by atoms with Crippen molar-refractivity contribution in [2.24, 2.45) is 0 Å². The first-order valence-electron chi connectivity index (χ1n) is 5.84. The number of nitrogens with one attached hydrogen (secondary N) is 1. The highest BCUT2D eigenvalue weighted by Gasteiger charge is 2.10. The number of carbonyl (C=O) groups excluding carboxylic acids is 1. The smallest absolute Gasteiger partial charge is 0.237 e. The first-order chi connectivity index (χ1) is 7.20. The molecule has 1 fully saturated rings. The molecule has 1 aliphatic heterocycles. The van der Waals surface area contributed by atoms with Gasteiger partial charge in [0.2, 0.25) is 5.91 Å². The average molecular weight is 233 g/mol. The van der Waals surface area contributed by atoms with Crippen molar-refractivity contribution < 1.29 is 4.79 Å². The molecule has 4 heteroatoms. The zero-order chi connectivity index (χ0) is 11.1. The SMILES string of the molecule is CC(Cl)C(=O)NCCCCN1CCCC1. The van der Waals surface area contributed by atoms with Crippen LogP contribution in [-0.2, 0) is 4.79 Å². The molecule has 15 heavy (non-hydrogen) atoms. The van der Waals surface area contributed by atoms with Gasteiger partial charge in [-0.1, -0.05) is 0 Å². The van der Waals surface area contributed by atoms with Crippen LogP contribution in [-0.4, -0.2) is 42.4 Å². The Kier molecular flexibility index (Phi) is 6.03. The van der Waals surface area contributed by atoms with E-state index in [1.54, 1.807) is 6.92 Å². The van der Waals surface area contributed by atoms with Crippen molar-refractivity contribution in [3.05, 3.63) is 0 Å². The van der Waals surface area contributed by atoms with Gasteiger partial charge in [0.1, 0.15) is 5.38 Å². The number of alkyl halides is 1. The predicted octanol–water partition coefficient (Wildman–Crippen LogP) is 1.61. The van der Waals surface area contributed by atoms with E-state index in [9.17, 15) is 4.79 Å². The Balaban J connectivity index is 1.90. The summed E-state index contributed by atoms with van der Waals surface area (Å²) >= 11 is 5.62. The van der Waals surface area contributed by atoms with E-state index in [1.165, 1.54) is 32.5 Å². The van der Waals surface area contributed by atoms with Gasteiger partial charge in [0.25, 0.3) is 0 Å². The van der Waals surface area contributed by atoms with Gasteiger partial charge in [0.15, 0.2) is 0 Å². The zero-order valence-electron chi connectivity index (χ0n) is 9.47. The summed E-state index contributed by atoms with van der Waals surface area (Å²) in [4.78, 5) is 13.6. The minimum absolute atomic E-state index is 0.0576. The Morgan fingerprint density at radius 1 is 1.40 bits per heavy atom. The lowest BCUT2D eigenvalue weighted by Gasteiger charge is -2.14. The molecule has 1 unspecified atom stereocenters. The number of rotatable bonds is 6. The number of unbranched alkanes of at least 4 members (excludes halogenated alkanes) is 1. The highest BCUT2D eigenvalue weighted by Crippen LogP contribution is 2.07. The monoisotopic (exact) mass is 232 g/mol. The highest BCUT2D eigenvalue weighted by molar-refractivity contribution is 6.30. The normalized spacial score (nSPS) is 19.1.